The van der Waals surface area contributed by atoms with E-state index in [-0.39, 0.29) is 23.8 Å². The number of hydrogen-bond donors (Lipinski definition) is 1. The number of alkyl halides is 2. The van der Waals surface area contributed by atoms with E-state index in [1.165, 1.54) is 96.3 Å². The van der Waals surface area contributed by atoms with E-state index in [0.717, 1.165) is 6.54 Å². The Kier molecular flexibility index (Phi) is 17.0. The average molecular weight is 466 g/mol. The summed E-state index contributed by atoms with van der Waals surface area (Å²) in [6.45, 7) is 8.38. The first-order chi connectivity index (χ1) is 14.6. The smallest absolute Gasteiger partial charge is 0.116 e. The van der Waals surface area contributed by atoms with Gasteiger partial charge in [-0.2, -0.15) is 0 Å². The van der Waals surface area contributed by atoms with Crippen molar-refractivity contribution in [3.05, 3.63) is 0 Å². The van der Waals surface area contributed by atoms with Crippen LogP contribution >= 0.6 is 23.2 Å². The highest BCUT2D eigenvalue weighted by Gasteiger charge is 2.46. The summed E-state index contributed by atoms with van der Waals surface area (Å²) in [5.74, 6) is 0.513. The van der Waals surface area contributed by atoms with Gasteiger partial charge in [0.2, 0.25) is 0 Å². The van der Waals surface area contributed by atoms with E-state index in [0.29, 0.717) is 12.5 Å². The first-order valence-corrected chi connectivity index (χ1v) is 13.9. The molecule has 1 aliphatic rings. The van der Waals surface area contributed by atoms with E-state index in [1.54, 1.807) is 0 Å². The van der Waals surface area contributed by atoms with Gasteiger partial charge in [-0.25, -0.2) is 0 Å². The molecule has 1 aliphatic heterocycles. The molecule has 1 fully saturated rings. The van der Waals surface area contributed by atoms with Gasteiger partial charge in [0.25, 0.3) is 0 Å². The molecule has 1 heterocycles. The van der Waals surface area contributed by atoms with Crippen molar-refractivity contribution in [1.29, 1.82) is 0 Å². The van der Waals surface area contributed by atoms with Crippen LogP contribution in [-0.4, -0.2) is 51.8 Å². The van der Waals surface area contributed by atoms with E-state index in [1.807, 2.05) is 0 Å². The monoisotopic (exact) mass is 464 g/mol. The number of likely N-dealkylation sites (N-methyl/N-ethyl adjacent to an activating group) is 1. The Morgan fingerprint density at radius 3 is 1.57 bits per heavy atom. The number of hydrogen-bond acceptors (Lipinski definition) is 3. The number of aliphatic hydroxyl groups is 1. The molecule has 0 aliphatic carbocycles. The van der Waals surface area contributed by atoms with Gasteiger partial charge in [-0.15, -0.1) is 23.2 Å². The summed E-state index contributed by atoms with van der Waals surface area (Å²) in [5.41, 5.74) is -0.394. The lowest BCUT2D eigenvalue weighted by atomic mass is 9.97. The third-order valence-corrected chi connectivity index (χ3v) is 7.89. The molecule has 0 aromatic heterocycles. The molecule has 1 N–H and O–H groups in total. The SMILES string of the molecule is CCCCCCCCCCCCCCCCC(C)C1N(CC)C(Cl)C(Cl)N1CCO. The van der Waals surface area contributed by atoms with E-state index >= 15 is 0 Å². The Balaban J connectivity index is 2.08. The average Bonchev–Trinajstić information content (AvgIpc) is 2.98. The molecule has 1 rings (SSSR count). The van der Waals surface area contributed by atoms with Crippen molar-refractivity contribution in [3.63, 3.8) is 0 Å². The topological polar surface area (TPSA) is 26.7 Å². The first-order valence-electron chi connectivity index (χ1n) is 13.0. The van der Waals surface area contributed by atoms with Crippen molar-refractivity contribution in [2.24, 2.45) is 5.92 Å². The van der Waals surface area contributed by atoms with Crippen molar-refractivity contribution < 1.29 is 5.11 Å². The van der Waals surface area contributed by atoms with E-state index in [2.05, 4.69) is 30.6 Å². The van der Waals surface area contributed by atoms with Crippen molar-refractivity contribution in [3.8, 4) is 0 Å². The molecule has 4 atom stereocenters. The van der Waals surface area contributed by atoms with Crippen LogP contribution in [0, 0.1) is 5.92 Å². The zero-order valence-electron chi connectivity index (χ0n) is 20.1. The lowest BCUT2D eigenvalue weighted by Gasteiger charge is -2.34. The van der Waals surface area contributed by atoms with Gasteiger partial charge in [0.05, 0.1) is 12.8 Å². The molecule has 30 heavy (non-hydrogen) atoms. The standard InChI is InChI=1S/C25H50Cl2N2O/c1-4-6-7-8-9-10-11-12-13-14-15-16-17-18-19-22(3)25-28(5-2)23(26)24(27)29(25)20-21-30/h22-25,30H,4-21H2,1-3H3. The maximum Gasteiger partial charge on any atom is 0.116 e. The fourth-order valence-corrected chi connectivity index (χ4v) is 5.75. The maximum absolute atomic E-state index is 9.44. The molecule has 0 bridgehead atoms. The molecule has 0 spiro atoms. The summed E-state index contributed by atoms with van der Waals surface area (Å²) >= 11 is 13.1. The van der Waals surface area contributed by atoms with Crippen LogP contribution in [0.1, 0.15) is 117 Å². The van der Waals surface area contributed by atoms with Crippen LogP contribution in [-0.2, 0) is 0 Å². The quantitative estimate of drug-likeness (QED) is 0.121. The summed E-state index contributed by atoms with van der Waals surface area (Å²) < 4.78 is 0. The minimum atomic E-state index is -0.220. The molecule has 0 saturated carbocycles. The van der Waals surface area contributed by atoms with Gasteiger partial charge in [-0.1, -0.05) is 111 Å². The van der Waals surface area contributed by atoms with E-state index in [9.17, 15) is 5.11 Å². The van der Waals surface area contributed by atoms with Gasteiger partial charge in [-0.05, 0) is 18.9 Å². The van der Waals surface area contributed by atoms with E-state index in [4.69, 9.17) is 23.2 Å². The molecule has 0 aromatic rings. The van der Waals surface area contributed by atoms with Crippen LogP contribution in [0.3, 0.4) is 0 Å². The highest BCUT2D eigenvalue weighted by atomic mass is 35.5. The van der Waals surface area contributed by atoms with Gasteiger partial charge in [0.1, 0.15) is 11.0 Å². The molecular formula is C25H50Cl2N2O. The molecule has 0 aromatic carbocycles. The predicted octanol–water partition coefficient (Wildman–Crippen LogP) is 7.58. The second-order valence-corrected chi connectivity index (χ2v) is 10.2. The maximum atomic E-state index is 9.44. The first kappa shape index (κ1) is 28.5. The van der Waals surface area contributed by atoms with Gasteiger partial charge >= 0.3 is 0 Å². The van der Waals surface area contributed by atoms with Gasteiger partial charge < -0.3 is 5.11 Å². The van der Waals surface area contributed by atoms with Gasteiger partial charge in [0.15, 0.2) is 0 Å². The van der Waals surface area contributed by atoms with E-state index < -0.39 is 0 Å². The Bertz CT molecular complexity index is 399. The summed E-state index contributed by atoms with van der Waals surface area (Å²) in [7, 11) is 0. The summed E-state index contributed by atoms with van der Waals surface area (Å²) in [6.07, 6.45) is 21.0. The number of unbranched alkanes of at least 4 members (excludes halogenated alkanes) is 13. The number of β-amino-alcohol motifs (C(OH)–C–C–N with tert-alkyl or cyclic N) is 1. The van der Waals surface area contributed by atoms with Gasteiger partial charge in [-0.3, -0.25) is 9.80 Å². The highest BCUT2D eigenvalue weighted by Crippen LogP contribution is 2.36. The molecular weight excluding hydrogens is 415 g/mol. The fraction of sp³-hybridized carbons (Fsp3) is 1.00. The molecule has 180 valence electrons. The second-order valence-electron chi connectivity index (χ2n) is 9.31. The van der Waals surface area contributed by atoms with Crippen LogP contribution in [0.15, 0.2) is 0 Å². The summed E-state index contributed by atoms with van der Waals surface area (Å²) in [6, 6.07) is 0. The summed E-state index contributed by atoms with van der Waals surface area (Å²) in [5, 5.41) is 9.44. The number of nitrogens with zero attached hydrogens (tertiary/aromatic N) is 2. The van der Waals surface area contributed by atoms with Crippen LogP contribution in [0.2, 0.25) is 0 Å². The zero-order chi connectivity index (χ0) is 22.2. The second kappa shape index (κ2) is 18.0. The lowest BCUT2D eigenvalue weighted by molar-refractivity contribution is 0.0643. The Morgan fingerprint density at radius 2 is 1.13 bits per heavy atom. The fourth-order valence-electron chi connectivity index (χ4n) is 4.99. The third-order valence-electron chi connectivity index (χ3n) is 6.79. The molecule has 0 radical (unpaired) electrons. The van der Waals surface area contributed by atoms with Crippen molar-refractivity contribution in [2.75, 3.05) is 19.7 Å². The predicted molar refractivity (Wildman–Crippen MR) is 133 cm³/mol. The minimum Gasteiger partial charge on any atom is -0.395 e. The normalized spacial score (nSPS) is 24.0. The van der Waals surface area contributed by atoms with Crippen LogP contribution in [0.5, 0.6) is 0 Å². The van der Waals surface area contributed by atoms with Crippen LogP contribution in [0.25, 0.3) is 0 Å². The lowest BCUT2D eigenvalue weighted by Crippen LogP contribution is -2.45. The largest absolute Gasteiger partial charge is 0.395 e. The molecule has 1 saturated heterocycles. The summed E-state index contributed by atoms with van der Waals surface area (Å²) in [4.78, 5) is 4.49. The van der Waals surface area contributed by atoms with Crippen LogP contribution < -0.4 is 0 Å². The van der Waals surface area contributed by atoms with Crippen LogP contribution in [0.4, 0.5) is 0 Å². The number of aliphatic hydroxyl groups excluding tert-OH is 1. The Hall–Kier alpha value is 0.460. The highest BCUT2D eigenvalue weighted by molar-refractivity contribution is 6.29. The Labute approximate surface area is 197 Å². The Morgan fingerprint density at radius 1 is 0.700 bits per heavy atom. The molecule has 0 amide bonds. The van der Waals surface area contributed by atoms with Gasteiger partial charge in [0, 0.05) is 6.54 Å². The molecule has 4 unspecified atom stereocenters. The van der Waals surface area contributed by atoms with Crippen molar-refractivity contribution >= 4 is 23.2 Å². The zero-order valence-corrected chi connectivity index (χ0v) is 21.6. The third kappa shape index (κ3) is 10.4. The minimum absolute atomic E-state index is 0.131. The van der Waals surface area contributed by atoms with Crippen molar-refractivity contribution in [1.82, 2.24) is 9.80 Å². The molecule has 5 heteroatoms. The number of rotatable bonds is 19. The molecule has 3 nitrogen and oxygen atoms in total. The van der Waals surface area contributed by atoms with Crippen molar-refractivity contribution in [2.45, 2.75) is 134 Å². The number of halogens is 2.